The standard InChI is InChI=1S/C13H12BrN3O4/c1-7-15-12(21-17-7)5-4-11(18)16-10-6-8(14)2-3-9(10)13(19)20/h2-3,6H,4-5H2,1H3,(H,16,18)(H,19,20). The van der Waals surface area contributed by atoms with E-state index in [9.17, 15) is 9.59 Å². The van der Waals surface area contributed by atoms with Gasteiger partial charge in [-0.05, 0) is 25.1 Å². The van der Waals surface area contributed by atoms with Crippen LogP contribution in [0.15, 0.2) is 27.2 Å². The monoisotopic (exact) mass is 353 g/mol. The molecule has 0 unspecified atom stereocenters. The van der Waals surface area contributed by atoms with Gasteiger partial charge in [0.25, 0.3) is 0 Å². The van der Waals surface area contributed by atoms with Crippen molar-refractivity contribution in [2.45, 2.75) is 19.8 Å². The van der Waals surface area contributed by atoms with Gasteiger partial charge < -0.3 is 14.9 Å². The van der Waals surface area contributed by atoms with Crippen LogP contribution in [-0.4, -0.2) is 27.1 Å². The zero-order valence-electron chi connectivity index (χ0n) is 11.1. The Balaban J connectivity index is 2.02. The number of carboxylic acid groups (broad SMARTS) is 1. The van der Waals surface area contributed by atoms with E-state index in [4.69, 9.17) is 9.63 Å². The first kappa shape index (κ1) is 15.2. The van der Waals surface area contributed by atoms with Crippen LogP contribution in [0.4, 0.5) is 5.69 Å². The van der Waals surface area contributed by atoms with Crippen molar-refractivity contribution in [3.63, 3.8) is 0 Å². The molecule has 0 saturated carbocycles. The lowest BCUT2D eigenvalue weighted by molar-refractivity contribution is -0.116. The van der Waals surface area contributed by atoms with Crippen molar-refractivity contribution >= 4 is 33.5 Å². The van der Waals surface area contributed by atoms with Gasteiger partial charge in [-0.3, -0.25) is 4.79 Å². The Bertz CT molecular complexity index is 684. The molecule has 0 aliphatic carbocycles. The molecule has 21 heavy (non-hydrogen) atoms. The number of carboxylic acids is 1. The number of hydrogen-bond acceptors (Lipinski definition) is 5. The summed E-state index contributed by atoms with van der Waals surface area (Å²) < 4.78 is 5.58. The second kappa shape index (κ2) is 6.49. The largest absolute Gasteiger partial charge is 0.478 e. The average molecular weight is 354 g/mol. The summed E-state index contributed by atoms with van der Waals surface area (Å²) in [6, 6.07) is 4.56. The minimum Gasteiger partial charge on any atom is -0.478 e. The second-order valence-electron chi connectivity index (χ2n) is 4.28. The van der Waals surface area contributed by atoms with Crippen molar-refractivity contribution in [1.82, 2.24) is 10.1 Å². The maximum Gasteiger partial charge on any atom is 0.337 e. The normalized spacial score (nSPS) is 10.4. The number of nitrogens with zero attached hydrogens (tertiary/aromatic N) is 2. The number of aromatic carboxylic acids is 1. The Kier molecular flexibility index (Phi) is 4.69. The van der Waals surface area contributed by atoms with Gasteiger partial charge in [0.2, 0.25) is 11.8 Å². The second-order valence-corrected chi connectivity index (χ2v) is 5.19. The molecule has 0 aliphatic rings. The van der Waals surface area contributed by atoms with Crippen molar-refractivity contribution in [3.8, 4) is 0 Å². The molecule has 0 radical (unpaired) electrons. The summed E-state index contributed by atoms with van der Waals surface area (Å²) in [6.07, 6.45) is 0.413. The van der Waals surface area contributed by atoms with E-state index < -0.39 is 5.97 Å². The van der Waals surface area contributed by atoms with Crippen molar-refractivity contribution in [1.29, 1.82) is 0 Å². The Hall–Kier alpha value is -2.22. The number of rotatable bonds is 5. The molecule has 2 N–H and O–H groups in total. The highest BCUT2D eigenvalue weighted by Crippen LogP contribution is 2.21. The number of amides is 1. The molecule has 0 saturated heterocycles. The first-order chi connectivity index (χ1) is 9.95. The minimum absolute atomic E-state index is 0.0279. The summed E-state index contributed by atoms with van der Waals surface area (Å²) in [7, 11) is 0. The highest BCUT2D eigenvalue weighted by Gasteiger charge is 2.14. The lowest BCUT2D eigenvalue weighted by Gasteiger charge is -2.08. The molecule has 8 heteroatoms. The van der Waals surface area contributed by atoms with Crippen LogP contribution in [0.5, 0.6) is 0 Å². The quantitative estimate of drug-likeness (QED) is 0.854. The van der Waals surface area contributed by atoms with Gasteiger partial charge in [0, 0.05) is 17.3 Å². The predicted molar refractivity (Wildman–Crippen MR) is 77.1 cm³/mol. The Morgan fingerprint density at radius 3 is 2.81 bits per heavy atom. The third-order valence-corrected chi connectivity index (χ3v) is 3.11. The van der Waals surface area contributed by atoms with Crippen LogP contribution in [0, 0.1) is 6.92 Å². The van der Waals surface area contributed by atoms with Gasteiger partial charge in [-0.2, -0.15) is 4.98 Å². The molecule has 0 aliphatic heterocycles. The molecule has 2 rings (SSSR count). The van der Waals surface area contributed by atoms with E-state index in [-0.39, 0.29) is 23.6 Å². The zero-order valence-corrected chi connectivity index (χ0v) is 12.7. The van der Waals surface area contributed by atoms with Gasteiger partial charge in [-0.15, -0.1) is 0 Å². The molecule has 0 atom stereocenters. The maximum absolute atomic E-state index is 11.9. The van der Waals surface area contributed by atoms with Crippen LogP contribution < -0.4 is 5.32 Å². The molecule has 1 amide bonds. The fourth-order valence-electron chi connectivity index (χ4n) is 1.68. The number of hydrogen-bond donors (Lipinski definition) is 2. The Morgan fingerprint density at radius 1 is 1.43 bits per heavy atom. The summed E-state index contributed by atoms with van der Waals surface area (Å²) in [5.41, 5.74) is 0.267. The molecular formula is C13H12BrN3O4. The number of anilines is 1. The summed E-state index contributed by atoms with van der Waals surface area (Å²) in [5.74, 6) is -0.558. The van der Waals surface area contributed by atoms with E-state index in [2.05, 4.69) is 31.4 Å². The molecule has 0 fully saturated rings. The fraction of sp³-hybridized carbons (Fsp3) is 0.231. The van der Waals surface area contributed by atoms with E-state index >= 15 is 0 Å². The number of aryl methyl sites for hydroxylation is 2. The van der Waals surface area contributed by atoms with Gasteiger partial charge in [-0.25, -0.2) is 4.79 Å². The number of carbonyl (C=O) groups excluding carboxylic acids is 1. The van der Waals surface area contributed by atoms with E-state index in [0.717, 1.165) is 0 Å². The first-order valence-electron chi connectivity index (χ1n) is 6.07. The van der Waals surface area contributed by atoms with Crippen LogP contribution in [0.3, 0.4) is 0 Å². The van der Waals surface area contributed by atoms with E-state index in [1.54, 1.807) is 13.0 Å². The average Bonchev–Trinajstić information content (AvgIpc) is 2.82. The zero-order chi connectivity index (χ0) is 15.4. The molecule has 0 bridgehead atoms. The highest BCUT2D eigenvalue weighted by molar-refractivity contribution is 9.10. The molecule has 7 nitrogen and oxygen atoms in total. The third-order valence-electron chi connectivity index (χ3n) is 2.62. The van der Waals surface area contributed by atoms with E-state index in [1.165, 1.54) is 12.1 Å². The van der Waals surface area contributed by atoms with Crippen LogP contribution in [-0.2, 0) is 11.2 Å². The van der Waals surface area contributed by atoms with Crippen LogP contribution >= 0.6 is 15.9 Å². The number of carbonyl (C=O) groups is 2. The number of benzene rings is 1. The summed E-state index contributed by atoms with van der Waals surface area (Å²) in [6.45, 7) is 1.69. The lowest BCUT2D eigenvalue weighted by atomic mass is 10.1. The summed E-state index contributed by atoms with van der Waals surface area (Å²) in [4.78, 5) is 27.0. The van der Waals surface area contributed by atoms with Crippen molar-refractivity contribution < 1.29 is 19.2 Å². The van der Waals surface area contributed by atoms with Crippen LogP contribution in [0.2, 0.25) is 0 Å². The molecule has 1 aromatic heterocycles. The molecular weight excluding hydrogens is 342 g/mol. The number of aromatic nitrogens is 2. The molecule has 1 heterocycles. The van der Waals surface area contributed by atoms with Crippen LogP contribution in [0.25, 0.3) is 0 Å². The maximum atomic E-state index is 11.9. The number of halogens is 1. The van der Waals surface area contributed by atoms with Gasteiger partial charge in [-0.1, -0.05) is 21.1 Å². The van der Waals surface area contributed by atoms with Gasteiger partial charge in [0.1, 0.15) is 0 Å². The topological polar surface area (TPSA) is 105 Å². The highest BCUT2D eigenvalue weighted by atomic mass is 79.9. The number of nitrogens with one attached hydrogen (secondary N) is 1. The minimum atomic E-state index is -1.11. The molecule has 1 aromatic carbocycles. The van der Waals surface area contributed by atoms with E-state index in [0.29, 0.717) is 22.6 Å². The van der Waals surface area contributed by atoms with Gasteiger partial charge >= 0.3 is 5.97 Å². The van der Waals surface area contributed by atoms with Crippen molar-refractivity contribution in [2.75, 3.05) is 5.32 Å². The fourth-order valence-corrected chi connectivity index (χ4v) is 2.04. The van der Waals surface area contributed by atoms with E-state index in [1.807, 2.05) is 0 Å². The van der Waals surface area contributed by atoms with Gasteiger partial charge in [0.15, 0.2) is 5.82 Å². The Labute approximate surface area is 128 Å². The summed E-state index contributed by atoms with van der Waals surface area (Å²) >= 11 is 3.24. The first-order valence-corrected chi connectivity index (χ1v) is 6.87. The molecule has 0 spiro atoms. The third kappa shape index (κ3) is 4.12. The van der Waals surface area contributed by atoms with Crippen LogP contribution in [0.1, 0.15) is 28.5 Å². The van der Waals surface area contributed by atoms with Gasteiger partial charge in [0.05, 0.1) is 11.3 Å². The predicted octanol–water partition coefficient (Wildman–Crippen LogP) is 2.41. The molecule has 2 aromatic rings. The smallest absolute Gasteiger partial charge is 0.337 e. The Morgan fingerprint density at radius 2 is 2.19 bits per heavy atom. The summed E-state index contributed by atoms with van der Waals surface area (Å²) in [5, 5.41) is 15.3. The van der Waals surface area contributed by atoms with Crippen molar-refractivity contribution in [2.24, 2.45) is 0 Å². The van der Waals surface area contributed by atoms with Crippen molar-refractivity contribution in [3.05, 3.63) is 40.0 Å². The lowest BCUT2D eigenvalue weighted by Crippen LogP contribution is -2.15. The molecule has 110 valence electrons. The SMILES string of the molecule is Cc1noc(CCC(=O)Nc2cc(Br)ccc2C(=O)O)n1.